The number of hydrogen-bond acceptors (Lipinski definition) is 4. The monoisotopic (exact) mass is 349 g/mol. The summed E-state index contributed by atoms with van der Waals surface area (Å²) >= 11 is 0. The standard InChI is InChI=1S/C18H19N7O/c1-4-13-12(10-24(2)22-13)18(26)19-16-14-15(11-8-6-5-7-9-11)23-25(3)17(14)21-20-16/h5-10H,4H2,1-3H3,(H2,19,20,21,26). The zero-order chi connectivity index (χ0) is 18.3. The van der Waals surface area contributed by atoms with Gasteiger partial charge in [0.15, 0.2) is 5.65 Å². The summed E-state index contributed by atoms with van der Waals surface area (Å²) in [7, 11) is 3.64. The maximum atomic E-state index is 12.8. The van der Waals surface area contributed by atoms with Gasteiger partial charge in [-0.1, -0.05) is 37.3 Å². The Morgan fingerprint density at radius 1 is 1.19 bits per heavy atom. The number of nitrogens with one attached hydrogen (secondary N) is 2. The highest BCUT2D eigenvalue weighted by atomic mass is 16.1. The van der Waals surface area contributed by atoms with E-state index in [4.69, 9.17) is 0 Å². The molecule has 2 N–H and O–H groups in total. The average Bonchev–Trinajstić information content (AvgIpc) is 3.32. The van der Waals surface area contributed by atoms with E-state index in [1.165, 1.54) is 0 Å². The van der Waals surface area contributed by atoms with Crippen LogP contribution in [0.1, 0.15) is 23.0 Å². The van der Waals surface area contributed by atoms with Crippen molar-refractivity contribution in [2.24, 2.45) is 14.1 Å². The molecule has 1 aromatic carbocycles. The third-order valence-electron chi connectivity index (χ3n) is 4.31. The molecule has 0 bridgehead atoms. The number of carbonyl (C=O) groups excluding carboxylic acids is 1. The molecule has 26 heavy (non-hydrogen) atoms. The minimum atomic E-state index is -0.219. The zero-order valence-electron chi connectivity index (χ0n) is 14.8. The summed E-state index contributed by atoms with van der Waals surface area (Å²) in [6.07, 6.45) is 2.41. The number of aromatic nitrogens is 6. The van der Waals surface area contributed by atoms with Crippen molar-refractivity contribution in [1.82, 2.24) is 29.8 Å². The van der Waals surface area contributed by atoms with Gasteiger partial charge in [-0.3, -0.25) is 14.6 Å². The van der Waals surface area contributed by atoms with Crippen LogP contribution < -0.4 is 5.32 Å². The van der Waals surface area contributed by atoms with Gasteiger partial charge in [0.2, 0.25) is 0 Å². The third-order valence-corrected chi connectivity index (χ3v) is 4.31. The second-order valence-electron chi connectivity index (χ2n) is 6.11. The fraction of sp³-hybridized carbons (Fsp3) is 0.222. The molecule has 0 unspecified atom stereocenters. The Balaban J connectivity index is 1.77. The highest BCUT2D eigenvalue weighted by Crippen LogP contribution is 2.31. The van der Waals surface area contributed by atoms with E-state index in [0.717, 1.165) is 22.3 Å². The first-order chi connectivity index (χ1) is 12.6. The van der Waals surface area contributed by atoms with Crippen LogP contribution in [0.2, 0.25) is 0 Å². The largest absolute Gasteiger partial charge is 0.306 e. The number of fused-ring (bicyclic) bond motifs is 1. The first kappa shape index (κ1) is 16.1. The quantitative estimate of drug-likeness (QED) is 0.592. The number of anilines is 1. The molecule has 0 fully saturated rings. The molecule has 0 spiro atoms. The summed E-state index contributed by atoms with van der Waals surface area (Å²) in [6.45, 7) is 1.97. The molecule has 132 valence electrons. The molecule has 4 rings (SSSR count). The van der Waals surface area contributed by atoms with Crippen molar-refractivity contribution in [2.75, 3.05) is 5.32 Å². The zero-order valence-corrected chi connectivity index (χ0v) is 14.8. The lowest BCUT2D eigenvalue weighted by Crippen LogP contribution is -2.13. The predicted octanol–water partition coefficient (Wildman–Crippen LogP) is 2.51. The molecule has 0 atom stereocenters. The van der Waals surface area contributed by atoms with Crippen LogP contribution in [-0.4, -0.2) is 35.7 Å². The number of benzene rings is 1. The van der Waals surface area contributed by atoms with Gasteiger partial charge in [0.25, 0.3) is 5.91 Å². The minimum Gasteiger partial charge on any atom is -0.306 e. The van der Waals surface area contributed by atoms with Crippen molar-refractivity contribution in [2.45, 2.75) is 13.3 Å². The number of nitrogens with zero attached hydrogens (tertiary/aromatic N) is 5. The normalized spacial score (nSPS) is 11.2. The average molecular weight is 349 g/mol. The van der Waals surface area contributed by atoms with Gasteiger partial charge in [-0.15, -0.1) is 0 Å². The number of hydrogen-bond donors (Lipinski definition) is 2. The molecule has 0 aliphatic carbocycles. The SMILES string of the molecule is CCc1nn(C)cc1C(=O)Nc1[nH]nc2c1c(-c1ccccc1)nn2C. The first-order valence-corrected chi connectivity index (χ1v) is 8.38. The maximum absolute atomic E-state index is 12.8. The molecule has 3 aromatic heterocycles. The summed E-state index contributed by atoms with van der Waals surface area (Å²) in [6, 6.07) is 9.83. The van der Waals surface area contributed by atoms with Crippen molar-refractivity contribution in [3.8, 4) is 11.3 Å². The van der Waals surface area contributed by atoms with Crippen LogP contribution in [0.15, 0.2) is 36.5 Å². The van der Waals surface area contributed by atoms with Gasteiger partial charge in [-0.2, -0.15) is 15.3 Å². The number of amides is 1. The van der Waals surface area contributed by atoms with Crippen LogP contribution in [0.4, 0.5) is 5.82 Å². The molecule has 0 aliphatic rings. The number of aryl methyl sites for hydroxylation is 3. The summed E-state index contributed by atoms with van der Waals surface area (Å²) < 4.78 is 3.35. The predicted molar refractivity (Wildman–Crippen MR) is 98.8 cm³/mol. The highest BCUT2D eigenvalue weighted by Gasteiger charge is 2.21. The second-order valence-corrected chi connectivity index (χ2v) is 6.11. The Morgan fingerprint density at radius 2 is 1.96 bits per heavy atom. The van der Waals surface area contributed by atoms with Crippen molar-refractivity contribution in [3.05, 3.63) is 47.8 Å². The number of H-pyrrole nitrogens is 1. The van der Waals surface area contributed by atoms with E-state index in [9.17, 15) is 4.79 Å². The molecule has 8 heteroatoms. The van der Waals surface area contributed by atoms with Gasteiger partial charge in [0.05, 0.1) is 16.6 Å². The molecule has 4 aromatic rings. The molecule has 0 saturated heterocycles. The van der Waals surface area contributed by atoms with Gasteiger partial charge in [-0.25, -0.2) is 4.68 Å². The van der Waals surface area contributed by atoms with Crippen LogP contribution in [-0.2, 0) is 20.5 Å². The smallest absolute Gasteiger partial charge is 0.260 e. The molecule has 8 nitrogen and oxygen atoms in total. The van der Waals surface area contributed by atoms with Crippen LogP contribution in [0.3, 0.4) is 0 Å². The van der Waals surface area contributed by atoms with Gasteiger partial charge in [-0.05, 0) is 6.42 Å². The first-order valence-electron chi connectivity index (χ1n) is 8.38. The molecule has 1 amide bonds. The maximum Gasteiger partial charge on any atom is 0.260 e. The van der Waals surface area contributed by atoms with Gasteiger partial charge >= 0.3 is 0 Å². The van der Waals surface area contributed by atoms with E-state index in [2.05, 4.69) is 25.7 Å². The Labute approximate surface area is 149 Å². The van der Waals surface area contributed by atoms with E-state index in [1.807, 2.05) is 44.3 Å². The van der Waals surface area contributed by atoms with E-state index in [-0.39, 0.29) is 5.91 Å². The molecule has 3 heterocycles. The number of rotatable bonds is 4. The molecule has 0 radical (unpaired) electrons. The Kier molecular flexibility index (Phi) is 3.80. The molecular formula is C18H19N7O. The Hall–Kier alpha value is -3.42. The van der Waals surface area contributed by atoms with Crippen LogP contribution in [0, 0.1) is 0 Å². The van der Waals surface area contributed by atoms with Crippen molar-refractivity contribution in [3.63, 3.8) is 0 Å². The van der Waals surface area contributed by atoms with E-state index < -0.39 is 0 Å². The topological polar surface area (TPSA) is 93.4 Å². The van der Waals surface area contributed by atoms with Gasteiger partial charge in [0, 0.05) is 25.9 Å². The second kappa shape index (κ2) is 6.14. The van der Waals surface area contributed by atoms with E-state index >= 15 is 0 Å². The van der Waals surface area contributed by atoms with Crippen molar-refractivity contribution in [1.29, 1.82) is 0 Å². The lowest BCUT2D eigenvalue weighted by Gasteiger charge is -2.03. The van der Waals surface area contributed by atoms with Gasteiger partial charge < -0.3 is 5.32 Å². The summed E-state index contributed by atoms with van der Waals surface area (Å²) in [5.74, 6) is 0.311. The van der Waals surface area contributed by atoms with Crippen LogP contribution in [0.25, 0.3) is 22.3 Å². The lowest BCUT2D eigenvalue weighted by atomic mass is 10.1. The number of aromatic amines is 1. The fourth-order valence-electron chi connectivity index (χ4n) is 3.09. The molecule has 0 saturated carbocycles. The van der Waals surface area contributed by atoms with Crippen molar-refractivity contribution >= 4 is 22.8 Å². The van der Waals surface area contributed by atoms with E-state index in [0.29, 0.717) is 23.4 Å². The van der Waals surface area contributed by atoms with Crippen LogP contribution in [0.5, 0.6) is 0 Å². The van der Waals surface area contributed by atoms with Crippen LogP contribution >= 0.6 is 0 Å². The van der Waals surface area contributed by atoms with E-state index in [1.54, 1.807) is 22.6 Å². The van der Waals surface area contributed by atoms with Gasteiger partial charge in [0.1, 0.15) is 11.5 Å². The van der Waals surface area contributed by atoms with Crippen molar-refractivity contribution < 1.29 is 4.79 Å². The summed E-state index contributed by atoms with van der Waals surface area (Å²) in [5.41, 5.74) is 3.74. The Morgan fingerprint density at radius 3 is 2.69 bits per heavy atom. The highest BCUT2D eigenvalue weighted by molar-refractivity contribution is 6.10. The molecular weight excluding hydrogens is 330 g/mol. The fourth-order valence-corrected chi connectivity index (χ4v) is 3.09. The number of carbonyl (C=O) groups is 1. The minimum absolute atomic E-state index is 0.219. The molecule has 0 aliphatic heterocycles. The third kappa shape index (κ3) is 2.55. The Bertz CT molecular complexity index is 1090. The summed E-state index contributed by atoms with van der Waals surface area (Å²) in [4.78, 5) is 12.8. The summed E-state index contributed by atoms with van der Waals surface area (Å²) in [5, 5.41) is 19.8. The lowest BCUT2D eigenvalue weighted by molar-refractivity contribution is 0.102.